The molecule has 1 rings (SSSR count). The van der Waals surface area contributed by atoms with Crippen LogP contribution in [0.25, 0.3) is 0 Å². The molecule has 1 atom stereocenters. The SMILES string of the molecule is Cc1csc(C(N)COC(C)(C)C)n1. The van der Waals surface area contributed by atoms with Crippen molar-refractivity contribution in [2.75, 3.05) is 6.61 Å². The summed E-state index contributed by atoms with van der Waals surface area (Å²) < 4.78 is 5.60. The fourth-order valence-electron chi connectivity index (χ4n) is 0.954. The number of aryl methyl sites for hydroxylation is 1. The van der Waals surface area contributed by atoms with Gasteiger partial charge in [-0.15, -0.1) is 11.3 Å². The van der Waals surface area contributed by atoms with Gasteiger partial charge in [0.15, 0.2) is 0 Å². The van der Waals surface area contributed by atoms with Crippen LogP contribution >= 0.6 is 11.3 Å². The smallest absolute Gasteiger partial charge is 0.112 e. The zero-order chi connectivity index (χ0) is 10.8. The summed E-state index contributed by atoms with van der Waals surface area (Å²) in [6, 6.07) is -0.104. The fraction of sp³-hybridized carbons (Fsp3) is 0.700. The first kappa shape index (κ1) is 11.6. The van der Waals surface area contributed by atoms with Crippen LogP contribution in [0.1, 0.15) is 37.5 Å². The van der Waals surface area contributed by atoms with E-state index in [2.05, 4.69) is 4.98 Å². The number of rotatable bonds is 3. The van der Waals surface area contributed by atoms with Crippen molar-refractivity contribution in [1.82, 2.24) is 4.98 Å². The van der Waals surface area contributed by atoms with Crippen LogP contribution in [0.5, 0.6) is 0 Å². The first-order chi connectivity index (χ1) is 6.38. The zero-order valence-corrected chi connectivity index (χ0v) is 10.0. The standard InChI is InChI=1S/C10H18N2OS/c1-7-6-14-9(12-7)8(11)5-13-10(2,3)4/h6,8H,5,11H2,1-4H3. The van der Waals surface area contributed by atoms with E-state index in [4.69, 9.17) is 10.5 Å². The van der Waals surface area contributed by atoms with Crippen molar-refractivity contribution in [1.29, 1.82) is 0 Å². The lowest BCUT2D eigenvalue weighted by Crippen LogP contribution is -2.26. The molecule has 0 fully saturated rings. The van der Waals surface area contributed by atoms with Gasteiger partial charge >= 0.3 is 0 Å². The Morgan fingerprint density at radius 2 is 2.21 bits per heavy atom. The Labute approximate surface area is 89.3 Å². The first-order valence-corrected chi connectivity index (χ1v) is 5.58. The van der Waals surface area contributed by atoms with Crippen LogP contribution in [0.2, 0.25) is 0 Å². The third-order valence-electron chi connectivity index (χ3n) is 1.65. The molecule has 1 aromatic rings. The number of aromatic nitrogens is 1. The molecule has 1 heterocycles. The highest BCUT2D eigenvalue weighted by atomic mass is 32.1. The van der Waals surface area contributed by atoms with Gasteiger partial charge in [0.25, 0.3) is 0 Å². The molecule has 0 amide bonds. The largest absolute Gasteiger partial charge is 0.374 e. The average Bonchev–Trinajstić information content (AvgIpc) is 2.46. The summed E-state index contributed by atoms with van der Waals surface area (Å²) in [6.07, 6.45) is 0. The topological polar surface area (TPSA) is 48.1 Å². The van der Waals surface area contributed by atoms with Crippen LogP contribution in [-0.4, -0.2) is 17.2 Å². The zero-order valence-electron chi connectivity index (χ0n) is 9.20. The van der Waals surface area contributed by atoms with Crippen LogP contribution in [0.3, 0.4) is 0 Å². The van der Waals surface area contributed by atoms with Gasteiger partial charge in [0.05, 0.1) is 18.2 Å². The molecule has 14 heavy (non-hydrogen) atoms. The number of ether oxygens (including phenoxy) is 1. The lowest BCUT2D eigenvalue weighted by Gasteiger charge is -2.21. The van der Waals surface area contributed by atoms with Crippen molar-refractivity contribution in [3.8, 4) is 0 Å². The van der Waals surface area contributed by atoms with E-state index in [0.717, 1.165) is 10.7 Å². The summed E-state index contributed by atoms with van der Waals surface area (Å²) in [4.78, 5) is 4.32. The minimum atomic E-state index is -0.135. The first-order valence-electron chi connectivity index (χ1n) is 4.70. The van der Waals surface area contributed by atoms with E-state index < -0.39 is 0 Å². The third kappa shape index (κ3) is 3.74. The molecule has 3 nitrogen and oxygen atoms in total. The molecule has 0 radical (unpaired) electrons. The van der Waals surface area contributed by atoms with E-state index in [9.17, 15) is 0 Å². The lowest BCUT2D eigenvalue weighted by atomic mass is 10.2. The summed E-state index contributed by atoms with van der Waals surface area (Å²) in [7, 11) is 0. The van der Waals surface area contributed by atoms with E-state index in [1.165, 1.54) is 0 Å². The molecule has 0 bridgehead atoms. The Balaban J connectivity index is 2.47. The molecular weight excluding hydrogens is 196 g/mol. The van der Waals surface area contributed by atoms with Crippen LogP contribution in [-0.2, 0) is 4.74 Å². The molecule has 80 valence electrons. The maximum atomic E-state index is 5.94. The van der Waals surface area contributed by atoms with E-state index in [0.29, 0.717) is 6.61 Å². The Hall–Kier alpha value is -0.450. The maximum Gasteiger partial charge on any atom is 0.112 e. The maximum absolute atomic E-state index is 5.94. The van der Waals surface area contributed by atoms with E-state index in [1.807, 2.05) is 33.1 Å². The van der Waals surface area contributed by atoms with E-state index >= 15 is 0 Å². The van der Waals surface area contributed by atoms with Crippen molar-refractivity contribution in [3.63, 3.8) is 0 Å². The highest BCUT2D eigenvalue weighted by Gasteiger charge is 2.15. The summed E-state index contributed by atoms with van der Waals surface area (Å²) in [5.41, 5.74) is 6.83. The second-order valence-electron chi connectivity index (χ2n) is 4.36. The summed E-state index contributed by atoms with van der Waals surface area (Å²) in [6.45, 7) is 8.56. The normalized spacial score (nSPS) is 14.4. The minimum absolute atomic E-state index is 0.104. The summed E-state index contributed by atoms with van der Waals surface area (Å²) in [5.74, 6) is 0. The van der Waals surface area contributed by atoms with Gasteiger partial charge in [-0.1, -0.05) is 0 Å². The van der Waals surface area contributed by atoms with Gasteiger partial charge in [-0.05, 0) is 27.7 Å². The molecule has 0 aliphatic heterocycles. The van der Waals surface area contributed by atoms with Crippen molar-refractivity contribution in [2.24, 2.45) is 5.73 Å². The van der Waals surface area contributed by atoms with Gasteiger partial charge in [-0.25, -0.2) is 4.98 Å². The molecule has 4 heteroatoms. The molecule has 1 unspecified atom stereocenters. The molecule has 0 aromatic carbocycles. The Morgan fingerprint density at radius 3 is 2.64 bits per heavy atom. The predicted octanol–water partition coefficient (Wildman–Crippen LogP) is 2.27. The third-order valence-corrected chi connectivity index (χ3v) is 2.74. The number of hydrogen-bond acceptors (Lipinski definition) is 4. The summed E-state index contributed by atoms with van der Waals surface area (Å²) in [5, 5.41) is 2.96. The Morgan fingerprint density at radius 1 is 1.57 bits per heavy atom. The van der Waals surface area contributed by atoms with Gasteiger partial charge in [0, 0.05) is 11.1 Å². The molecule has 0 spiro atoms. The van der Waals surface area contributed by atoms with Gasteiger partial charge in [-0.2, -0.15) is 0 Å². The van der Waals surface area contributed by atoms with Crippen molar-refractivity contribution < 1.29 is 4.74 Å². The second-order valence-corrected chi connectivity index (χ2v) is 5.25. The van der Waals surface area contributed by atoms with Crippen molar-refractivity contribution >= 4 is 11.3 Å². The Bertz CT molecular complexity index is 291. The minimum Gasteiger partial charge on any atom is -0.374 e. The van der Waals surface area contributed by atoms with Crippen LogP contribution in [0.4, 0.5) is 0 Å². The number of nitrogens with zero attached hydrogens (tertiary/aromatic N) is 1. The van der Waals surface area contributed by atoms with Crippen LogP contribution < -0.4 is 5.73 Å². The monoisotopic (exact) mass is 214 g/mol. The Kier molecular flexibility index (Phi) is 3.64. The number of hydrogen-bond donors (Lipinski definition) is 1. The quantitative estimate of drug-likeness (QED) is 0.839. The average molecular weight is 214 g/mol. The predicted molar refractivity (Wildman–Crippen MR) is 59.5 cm³/mol. The molecule has 2 N–H and O–H groups in total. The number of thiazole rings is 1. The molecular formula is C10H18N2OS. The van der Waals surface area contributed by atoms with Gasteiger partial charge in [-0.3, -0.25) is 0 Å². The second kappa shape index (κ2) is 4.38. The van der Waals surface area contributed by atoms with E-state index in [1.54, 1.807) is 11.3 Å². The summed E-state index contributed by atoms with van der Waals surface area (Å²) >= 11 is 1.59. The van der Waals surface area contributed by atoms with Crippen molar-refractivity contribution in [2.45, 2.75) is 39.3 Å². The van der Waals surface area contributed by atoms with Crippen LogP contribution in [0.15, 0.2) is 5.38 Å². The molecule has 0 aliphatic rings. The highest BCUT2D eigenvalue weighted by molar-refractivity contribution is 7.09. The molecule has 1 aromatic heterocycles. The molecule has 0 saturated heterocycles. The van der Waals surface area contributed by atoms with Gasteiger partial charge in [0.1, 0.15) is 5.01 Å². The van der Waals surface area contributed by atoms with Crippen LogP contribution in [0, 0.1) is 6.92 Å². The van der Waals surface area contributed by atoms with E-state index in [-0.39, 0.29) is 11.6 Å². The van der Waals surface area contributed by atoms with Gasteiger partial charge in [0.2, 0.25) is 0 Å². The molecule has 0 aliphatic carbocycles. The lowest BCUT2D eigenvalue weighted by molar-refractivity contribution is -0.0102. The molecule has 0 saturated carbocycles. The fourth-order valence-corrected chi connectivity index (χ4v) is 1.74. The van der Waals surface area contributed by atoms with Crippen molar-refractivity contribution in [3.05, 3.63) is 16.1 Å². The highest BCUT2D eigenvalue weighted by Crippen LogP contribution is 2.18. The van der Waals surface area contributed by atoms with Gasteiger partial charge < -0.3 is 10.5 Å². The number of nitrogens with two attached hydrogens (primary N) is 1.